The Labute approximate surface area is 126 Å². The van der Waals surface area contributed by atoms with Crippen molar-refractivity contribution in [2.75, 3.05) is 6.54 Å². The molecule has 2 rings (SSSR count). The minimum absolute atomic E-state index is 0.0623. The van der Waals surface area contributed by atoms with Gasteiger partial charge < -0.3 is 5.32 Å². The van der Waals surface area contributed by atoms with Crippen molar-refractivity contribution in [3.05, 3.63) is 37.2 Å². The average molecular weight is 393 g/mol. The molecule has 0 aliphatic heterocycles. The van der Waals surface area contributed by atoms with Gasteiger partial charge in [0.05, 0.1) is 19.3 Å². The smallest absolute Gasteiger partial charge is 0.253 e. The number of halogens is 2. The van der Waals surface area contributed by atoms with Crippen LogP contribution in [0, 0.1) is 0 Å². The number of amides is 1. The molecule has 2 heterocycles. The predicted octanol–water partition coefficient (Wildman–Crippen LogP) is 2.98. The molecule has 2 aromatic rings. The summed E-state index contributed by atoms with van der Waals surface area (Å²) in [5, 5.41) is 6.97. The van der Waals surface area contributed by atoms with Crippen LogP contribution in [0.2, 0.25) is 0 Å². The summed E-state index contributed by atoms with van der Waals surface area (Å²) in [5.74, 6) is -0.0623. The number of thiophene rings is 1. The fourth-order valence-electron chi connectivity index (χ4n) is 1.51. The van der Waals surface area contributed by atoms with Gasteiger partial charge in [0.15, 0.2) is 0 Å². The highest BCUT2D eigenvalue weighted by Gasteiger charge is 2.12. The largest absolute Gasteiger partial charge is 0.352 e. The van der Waals surface area contributed by atoms with E-state index in [1.165, 1.54) is 11.3 Å². The van der Waals surface area contributed by atoms with Gasteiger partial charge in [0, 0.05) is 19.8 Å². The Bertz CT molecular complexity index is 564. The number of aryl methyl sites for hydroxylation is 1. The van der Waals surface area contributed by atoms with Crippen LogP contribution in [0.4, 0.5) is 0 Å². The Morgan fingerprint density at radius 1 is 1.56 bits per heavy atom. The van der Waals surface area contributed by atoms with E-state index < -0.39 is 0 Å². The first-order valence-electron chi connectivity index (χ1n) is 5.27. The Hall–Kier alpha value is -0.660. The maximum atomic E-state index is 11.9. The molecule has 1 N–H and O–H groups in total. The number of carbonyl (C=O) groups is 1. The Morgan fingerprint density at radius 2 is 2.33 bits per heavy atom. The van der Waals surface area contributed by atoms with E-state index in [0.29, 0.717) is 12.1 Å². The summed E-state index contributed by atoms with van der Waals surface area (Å²) in [5.41, 5.74) is 1.78. The summed E-state index contributed by atoms with van der Waals surface area (Å²) < 4.78 is 3.53. The molecule has 0 radical (unpaired) electrons. The van der Waals surface area contributed by atoms with Crippen LogP contribution in [0.3, 0.4) is 0 Å². The van der Waals surface area contributed by atoms with E-state index in [2.05, 4.69) is 42.3 Å². The molecule has 0 aliphatic carbocycles. The lowest BCUT2D eigenvalue weighted by Gasteiger charge is -2.02. The molecule has 0 fully saturated rings. The third-order valence-electron chi connectivity index (χ3n) is 2.36. The van der Waals surface area contributed by atoms with Crippen molar-refractivity contribution in [3.63, 3.8) is 0 Å². The van der Waals surface area contributed by atoms with Crippen molar-refractivity contribution >= 4 is 49.1 Å². The van der Waals surface area contributed by atoms with Gasteiger partial charge in [0.2, 0.25) is 0 Å². The van der Waals surface area contributed by atoms with Crippen molar-refractivity contribution in [2.24, 2.45) is 7.05 Å². The standard InChI is InChI=1S/C11H11Br2N3OS/c1-16-6-7(5-15-16)2-3-14-11(17)8-4-9(12)18-10(8)13/h4-6H,2-3H2,1H3,(H,14,17). The predicted molar refractivity (Wildman–Crippen MR) is 79.0 cm³/mol. The van der Waals surface area contributed by atoms with Gasteiger partial charge in [-0.05, 0) is 49.9 Å². The lowest BCUT2D eigenvalue weighted by atomic mass is 10.2. The van der Waals surface area contributed by atoms with Gasteiger partial charge in [0.1, 0.15) is 0 Å². The zero-order valence-corrected chi connectivity index (χ0v) is 13.6. The highest BCUT2D eigenvalue weighted by Crippen LogP contribution is 2.31. The maximum Gasteiger partial charge on any atom is 0.253 e. The van der Waals surface area contributed by atoms with Crippen molar-refractivity contribution in [1.29, 1.82) is 0 Å². The summed E-state index contributed by atoms with van der Waals surface area (Å²) in [6.07, 6.45) is 4.54. The van der Waals surface area contributed by atoms with Gasteiger partial charge in [-0.3, -0.25) is 9.48 Å². The molecule has 0 saturated carbocycles. The van der Waals surface area contributed by atoms with Gasteiger partial charge >= 0.3 is 0 Å². The fourth-order valence-corrected chi connectivity index (χ4v) is 4.31. The lowest BCUT2D eigenvalue weighted by Crippen LogP contribution is -2.25. The molecule has 0 saturated heterocycles. The molecule has 18 heavy (non-hydrogen) atoms. The average Bonchev–Trinajstić information content (AvgIpc) is 2.85. The number of carbonyl (C=O) groups excluding carboxylic acids is 1. The zero-order chi connectivity index (χ0) is 13.1. The first-order chi connectivity index (χ1) is 8.56. The van der Waals surface area contributed by atoms with E-state index in [4.69, 9.17) is 0 Å². The molecule has 96 valence electrons. The summed E-state index contributed by atoms with van der Waals surface area (Å²) in [7, 11) is 1.88. The monoisotopic (exact) mass is 391 g/mol. The number of nitrogens with zero attached hydrogens (tertiary/aromatic N) is 2. The van der Waals surface area contributed by atoms with E-state index in [-0.39, 0.29) is 5.91 Å². The molecule has 0 unspecified atom stereocenters. The molecule has 2 aromatic heterocycles. The number of hydrogen-bond acceptors (Lipinski definition) is 3. The van der Waals surface area contributed by atoms with Crippen LogP contribution in [-0.4, -0.2) is 22.2 Å². The number of rotatable bonds is 4. The van der Waals surface area contributed by atoms with Gasteiger partial charge in [-0.15, -0.1) is 11.3 Å². The van der Waals surface area contributed by atoms with Crippen LogP contribution in [-0.2, 0) is 13.5 Å². The summed E-state index contributed by atoms with van der Waals surface area (Å²) in [6, 6.07) is 1.81. The van der Waals surface area contributed by atoms with Crippen molar-refractivity contribution in [1.82, 2.24) is 15.1 Å². The number of hydrogen-bond donors (Lipinski definition) is 1. The highest BCUT2D eigenvalue weighted by atomic mass is 79.9. The number of aromatic nitrogens is 2. The highest BCUT2D eigenvalue weighted by molar-refractivity contribution is 9.12. The van der Waals surface area contributed by atoms with Gasteiger partial charge in [-0.25, -0.2) is 0 Å². The minimum Gasteiger partial charge on any atom is -0.352 e. The molecule has 0 spiro atoms. The molecule has 0 aromatic carbocycles. The molecular formula is C11H11Br2N3OS. The van der Waals surface area contributed by atoms with E-state index in [0.717, 1.165) is 19.6 Å². The normalized spacial score (nSPS) is 10.6. The van der Waals surface area contributed by atoms with E-state index in [9.17, 15) is 4.79 Å². The molecular weight excluding hydrogens is 382 g/mol. The Morgan fingerprint density at radius 3 is 2.89 bits per heavy atom. The molecule has 0 bridgehead atoms. The molecule has 7 heteroatoms. The van der Waals surface area contributed by atoms with Crippen LogP contribution >= 0.6 is 43.2 Å². The zero-order valence-electron chi connectivity index (χ0n) is 9.61. The topological polar surface area (TPSA) is 46.9 Å². The summed E-state index contributed by atoms with van der Waals surface area (Å²) in [4.78, 5) is 11.9. The Balaban J connectivity index is 1.87. The minimum atomic E-state index is -0.0623. The van der Waals surface area contributed by atoms with E-state index in [1.807, 2.05) is 25.5 Å². The fraction of sp³-hybridized carbons (Fsp3) is 0.273. The van der Waals surface area contributed by atoms with Crippen LogP contribution in [0.25, 0.3) is 0 Å². The molecule has 0 aliphatic rings. The third-order valence-corrected chi connectivity index (χ3v) is 4.70. The van der Waals surface area contributed by atoms with Gasteiger partial charge in [-0.1, -0.05) is 0 Å². The van der Waals surface area contributed by atoms with Crippen LogP contribution < -0.4 is 5.32 Å². The Kier molecular flexibility index (Phi) is 4.58. The molecule has 1 amide bonds. The quantitative estimate of drug-likeness (QED) is 0.869. The second-order valence-corrected chi connectivity index (χ2v) is 7.52. The SMILES string of the molecule is Cn1cc(CCNC(=O)c2cc(Br)sc2Br)cn1. The van der Waals surface area contributed by atoms with Crippen molar-refractivity contribution < 1.29 is 4.79 Å². The summed E-state index contributed by atoms with van der Waals surface area (Å²) >= 11 is 8.22. The first kappa shape index (κ1) is 13.8. The van der Waals surface area contributed by atoms with Crippen molar-refractivity contribution in [3.8, 4) is 0 Å². The molecule has 0 atom stereocenters. The second kappa shape index (κ2) is 5.99. The van der Waals surface area contributed by atoms with Gasteiger partial charge in [-0.2, -0.15) is 5.10 Å². The van der Waals surface area contributed by atoms with Gasteiger partial charge in [0.25, 0.3) is 5.91 Å². The van der Waals surface area contributed by atoms with E-state index in [1.54, 1.807) is 4.68 Å². The summed E-state index contributed by atoms with van der Waals surface area (Å²) in [6.45, 7) is 0.602. The molecule has 4 nitrogen and oxygen atoms in total. The lowest BCUT2D eigenvalue weighted by molar-refractivity contribution is 0.0954. The van der Waals surface area contributed by atoms with Crippen LogP contribution in [0.5, 0.6) is 0 Å². The van der Waals surface area contributed by atoms with Crippen LogP contribution in [0.1, 0.15) is 15.9 Å². The third kappa shape index (κ3) is 3.43. The second-order valence-electron chi connectivity index (χ2n) is 3.77. The number of nitrogens with one attached hydrogen (secondary N) is 1. The van der Waals surface area contributed by atoms with Crippen LogP contribution in [0.15, 0.2) is 26.0 Å². The van der Waals surface area contributed by atoms with E-state index >= 15 is 0 Å². The van der Waals surface area contributed by atoms with Crippen molar-refractivity contribution in [2.45, 2.75) is 6.42 Å². The maximum absolute atomic E-state index is 11.9. The first-order valence-corrected chi connectivity index (χ1v) is 7.67.